The van der Waals surface area contributed by atoms with Crippen molar-refractivity contribution in [2.75, 3.05) is 45.0 Å². The Balaban J connectivity index is 0.00000192. The van der Waals surface area contributed by atoms with E-state index < -0.39 is 0 Å². The highest BCUT2D eigenvalue weighted by atomic mass is 35.5. The standard InChI is InChI=1S/C16H23N3O2S.ClH/c20-14-1-3-15(4-2-14)22-12-16(21)19-8-5-13(11-19)18-9-6-17-7-10-18;/h1-4,13,17,20H,5-12H2;1H. The fourth-order valence-electron chi connectivity index (χ4n) is 3.09. The highest BCUT2D eigenvalue weighted by molar-refractivity contribution is 8.00. The predicted molar refractivity (Wildman–Crippen MR) is 95.5 cm³/mol. The summed E-state index contributed by atoms with van der Waals surface area (Å²) in [5, 5.41) is 12.6. The number of nitrogens with zero attached hydrogens (tertiary/aromatic N) is 2. The lowest BCUT2D eigenvalue weighted by Crippen LogP contribution is -2.49. The Labute approximate surface area is 147 Å². The van der Waals surface area contributed by atoms with Crippen molar-refractivity contribution in [2.24, 2.45) is 0 Å². The minimum atomic E-state index is 0. The first kappa shape index (κ1) is 18.4. The van der Waals surface area contributed by atoms with Crippen LogP contribution in [-0.2, 0) is 4.79 Å². The largest absolute Gasteiger partial charge is 0.508 e. The zero-order chi connectivity index (χ0) is 15.4. The van der Waals surface area contributed by atoms with Gasteiger partial charge in [-0.2, -0.15) is 0 Å². The molecule has 2 N–H and O–H groups in total. The highest BCUT2D eigenvalue weighted by Crippen LogP contribution is 2.22. The van der Waals surface area contributed by atoms with Gasteiger partial charge in [-0.25, -0.2) is 0 Å². The summed E-state index contributed by atoms with van der Waals surface area (Å²) in [5.41, 5.74) is 0. The minimum Gasteiger partial charge on any atom is -0.508 e. The van der Waals surface area contributed by atoms with Crippen molar-refractivity contribution in [1.29, 1.82) is 0 Å². The summed E-state index contributed by atoms with van der Waals surface area (Å²) in [7, 11) is 0. The first-order chi connectivity index (χ1) is 10.7. The summed E-state index contributed by atoms with van der Waals surface area (Å²) < 4.78 is 0. The van der Waals surface area contributed by atoms with Gasteiger partial charge in [0.2, 0.25) is 5.91 Å². The van der Waals surface area contributed by atoms with Crippen LogP contribution in [0.2, 0.25) is 0 Å². The van der Waals surface area contributed by atoms with Crippen molar-refractivity contribution in [3.63, 3.8) is 0 Å². The van der Waals surface area contributed by atoms with Gasteiger partial charge < -0.3 is 15.3 Å². The number of nitrogens with one attached hydrogen (secondary N) is 1. The van der Waals surface area contributed by atoms with E-state index in [1.807, 2.05) is 17.0 Å². The van der Waals surface area contributed by atoms with E-state index in [4.69, 9.17) is 0 Å². The van der Waals surface area contributed by atoms with Gasteiger partial charge in [0.05, 0.1) is 5.75 Å². The summed E-state index contributed by atoms with van der Waals surface area (Å²) in [6.07, 6.45) is 1.09. The third-order valence-corrected chi connectivity index (χ3v) is 5.38. The number of thioether (sulfide) groups is 1. The van der Waals surface area contributed by atoms with E-state index >= 15 is 0 Å². The lowest BCUT2D eigenvalue weighted by Gasteiger charge is -2.32. The number of piperazine rings is 1. The number of benzene rings is 1. The van der Waals surface area contributed by atoms with Gasteiger partial charge in [-0.1, -0.05) is 0 Å². The molecule has 0 bridgehead atoms. The molecule has 0 saturated carbocycles. The highest BCUT2D eigenvalue weighted by Gasteiger charge is 2.30. The first-order valence-electron chi connectivity index (χ1n) is 7.87. The van der Waals surface area contributed by atoms with Crippen molar-refractivity contribution in [2.45, 2.75) is 17.4 Å². The average molecular weight is 358 g/mol. The van der Waals surface area contributed by atoms with Gasteiger partial charge in [-0.05, 0) is 30.7 Å². The Morgan fingerprint density at radius 2 is 1.91 bits per heavy atom. The van der Waals surface area contributed by atoms with E-state index in [2.05, 4.69) is 10.2 Å². The van der Waals surface area contributed by atoms with Crippen molar-refractivity contribution >= 4 is 30.1 Å². The molecule has 3 rings (SSSR count). The van der Waals surface area contributed by atoms with Crippen LogP contribution < -0.4 is 5.32 Å². The number of hydrogen-bond donors (Lipinski definition) is 2. The zero-order valence-corrected chi connectivity index (χ0v) is 14.7. The molecule has 1 aromatic rings. The van der Waals surface area contributed by atoms with E-state index in [1.54, 1.807) is 12.1 Å². The van der Waals surface area contributed by atoms with Gasteiger partial charge in [-0.15, -0.1) is 24.2 Å². The van der Waals surface area contributed by atoms with Crippen molar-refractivity contribution in [3.05, 3.63) is 24.3 Å². The molecule has 2 aliphatic rings. The van der Waals surface area contributed by atoms with Crippen LogP contribution in [-0.4, -0.2) is 71.9 Å². The molecular formula is C16H24ClN3O2S. The average Bonchev–Trinajstić information content (AvgIpc) is 3.05. The van der Waals surface area contributed by atoms with Crippen molar-refractivity contribution in [3.8, 4) is 5.75 Å². The molecule has 1 atom stereocenters. The van der Waals surface area contributed by atoms with Crippen LogP contribution in [0.5, 0.6) is 5.75 Å². The van der Waals surface area contributed by atoms with Gasteiger partial charge in [0, 0.05) is 50.2 Å². The van der Waals surface area contributed by atoms with Crippen LogP contribution in [0, 0.1) is 0 Å². The monoisotopic (exact) mass is 357 g/mol. The van der Waals surface area contributed by atoms with E-state index in [0.29, 0.717) is 11.8 Å². The molecule has 0 spiro atoms. The maximum Gasteiger partial charge on any atom is 0.232 e. The molecule has 2 fully saturated rings. The number of carbonyl (C=O) groups excluding carboxylic acids is 1. The number of carbonyl (C=O) groups is 1. The second-order valence-corrected chi connectivity index (χ2v) is 6.90. The Bertz CT molecular complexity index is 509. The SMILES string of the molecule is Cl.O=C(CSc1ccc(O)cc1)N1CCC(N2CCNCC2)C1. The Hall–Kier alpha value is -0.950. The van der Waals surface area contributed by atoms with Crippen LogP contribution in [0.3, 0.4) is 0 Å². The molecule has 2 heterocycles. The quantitative estimate of drug-likeness (QED) is 0.798. The van der Waals surface area contributed by atoms with E-state index in [-0.39, 0.29) is 24.1 Å². The van der Waals surface area contributed by atoms with Crippen LogP contribution in [0.1, 0.15) is 6.42 Å². The summed E-state index contributed by atoms with van der Waals surface area (Å²) in [6.45, 7) is 6.05. The van der Waals surface area contributed by atoms with E-state index in [9.17, 15) is 9.90 Å². The Morgan fingerprint density at radius 1 is 1.22 bits per heavy atom. The van der Waals surface area contributed by atoms with Gasteiger partial charge in [-0.3, -0.25) is 9.69 Å². The molecule has 2 saturated heterocycles. The summed E-state index contributed by atoms with van der Waals surface area (Å²) in [4.78, 5) is 17.9. The Kier molecular flexibility index (Phi) is 7.02. The molecule has 1 aromatic carbocycles. The molecule has 2 aliphatic heterocycles. The number of rotatable bonds is 4. The molecule has 0 aliphatic carbocycles. The van der Waals surface area contributed by atoms with Crippen LogP contribution in [0.25, 0.3) is 0 Å². The number of halogens is 1. The number of phenolic OH excluding ortho intramolecular Hbond substituents is 1. The van der Waals surface area contributed by atoms with Crippen molar-refractivity contribution < 1.29 is 9.90 Å². The normalized spacial score (nSPS) is 21.9. The fourth-order valence-corrected chi connectivity index (χ4v) is 3.89. The maximum absolute atomic E-state index is 12.3. The summed E-state index contributed by atoms with van der Waals surface area (Å²) in [5.74, 6) is 0.948. The third-order valence-electron chi connectivity index (χ3n) is 4.38. The van der Waals surface area contributed by atoms with Crippen LogP contribution >= 0.6 is 24.2 Å². The van der Waals surface area contributed by atoms with E-state index in [1.165, 1.54) is 11.8 Å². The minimum absolute atomic E-state index is 0. The molecule has 0 aromatic heterocycles. The number of hydrogen-bond acceptors (Lipinski definition) is 5. The first-order valence-corrected chi connectivity index (χ1v) is 8.85. The third kappa shape index (κ3) is 5.01. The lowest BCUT2D eigenvalue weighted by molar-refractivity contribution is -0.127. The van der Waals surface area contributed by atoms with Crippen molar-refractivity contribution in [1.82, 2.24) is 15.1 Å². The second-order valence-electron chi connectivity index (χ2n) is 5.85. The molecule has 23 heavy (non-hydrogen) atoms. The molecule has 0 radical (unpaired) electrons. The molecular weight excluding hydrogens is 334 g/mol. The Morgan fingerprint density at radius 3 is 2.61 bits per heavy atom. The predicted octanol–water partition coefficient (Wildman–Crippen LogP) is 1.41. The van der Waals surface area contributed by atoms with E-state index in [0.717, 1.165) is 50.6 Å². The smallest absolute Gasteiger partial charge is 0.232 e. The fraction of sp³-hybridized carbons (Fsp3) is 0.562. The number of amides is 1. The zero-order valence-electron chi connectivity index (χ0n) is 13.1. The number of aromatic hydroxyl groups is 1. The number of likely N-dealkylation sites (tertiary alicyclic amines) is 1. The molecule has 1 unspecified atom stereocenters. The van der Waals surface area contributed by atoms with Crippen LogP contribution in [0.4, 0.5) is 0 Å². The summed E-state index contributed by atoms with van der Waals surface area (Å²) >= 11 is 1.53. The molecule has 5 nitrogen and oxygen atoms in total. The van der Waals surface area contributed by atoms with Gasteiger partial charge in [0.1, 0.15) is 5.75 Å². The second kappa shape index (κ2) is 8.78. The molecule has 1 amide bonds. The molecule has 128 valence electrons. The van der Waals surface area contributed by atoms with Gasteiger partial charge in [0.25, 0.3) is 0 Å². The molecule has 7 heteroatoms. The van der Waals surface area contributed by atoms with Gasteiger partial charge in [0.15, 0.2) is 0 Å². The van der Waals surface area contributed by atoms with Gasteiger partial charge >= 0.3 is 0 Å². The topological polar surface area (TPSA) is 55.8 Å². The number of phenols is 1. The summed E-state index contributed by atoms with van der Waals surface area (Å²) in [6, 6.07) is 7.54. The lowest BCUT2D eigenvalue weighted by atomic mass is 10.2. The maximum atomic E-state index is 12.3. The van der Waals surface area contributed by atoms with Crippen LogP contribution in [0.15, 0.2) is 29.2 Å².